The van der Waals surface area contributed by atoms with E-state index in [1.54, 1.807) is 0 Å². The van der Waals surface area contributed by atoms with Gasteiger partial charge < -0.3 is 25.4 Å². The van der Waals surface area contributed by atoms with E-state index in [-0.39, 0.29) is 17.7 Å². The Morgan fingerprint density at radius 2 is 2.29 bits per heavy atom. The Labute approximate surface area is 124 Å². The molecule has 0 amide bonds. The highest BCUT2D eigenvalue weighted by molar-refractivity contribution is 6.29. The minimum Gasteiger partial charge on any atom is -0.394 e. The highest BCUT2D eigenvalue weighted by Crippen LogP contribution is 2.36. The normalized spacial score (nSPS) is 29.3. The van der Waals surface area contributed by atoms with E-state index in [4.69, 9.17) is 26.8 Å². The molecule has 1 aliphatic rings. The Kier molecular flexibility index (Phi) is 3.68. The lowest BCUT2D eigenvalue weighted by Crippen LogP contribution is -2.34. The fourth-order valence-corrected chi connectivity index (χ4v) is 2.72. The number of ether oxygens (including phenoxy) is 2. The highest BCUT2D eigenvalue weighted by Gasteiger charge is 2.46. The van der Waals surface area contributed by atoms with Crippen LogP contribution in [-0.4, -0.2) is 61.8 Å². The van der Waals surface area contributed by atoms with Crippen LogP contribution in [0.4, 0.5) is 5.82 Å². The van der Waals surface area contributed by atoms with Crippen molar-refractivity contribution < 1.29 is 19.7 Å². The van der Waals surface area contributed by atoms with Crippen molar-refractivity contribution in [2.45, 2.75) is 24.5 Å². The Balaban J connectivity index is 2.12. The number of hydrogen-bond acceptors (Lipinski definition) is 8. The molecular formula is C11H14ClN5O4. The summed E-state index contributed by atoms with van der Waals surface area (Å²) in [6.45, 7) is -0.348. The van der Waals surface area contributed by atoms with E-state index in [0.29, 0.717) is 11.2 Å². The number of anilines is 1. The van der Waals surface area contributed by atoms with Crippen LogP contribution >= 0.6 is 11.6 Å². The molecule has 9 nitrogen and oxygen atoms in total. The second-order valence-corrected chi connectivity index (χ2v) is 4.96. The van der Waals surface area contributed by atoms with Crippen molar-refractivity contribution in [1.29, 1.82) is 0 Å². The van der Waals surface area contributed by atoms with Gasteiger partial charge in [0.05, 0.1) is 6.61 Å². The van der Waals surface area contributed by atoms with Gasteiger partial charge in [0.2, 0.25) is 5.28 Å². The first-order valence-electron chi connectivity index (χ1n) is 6.19. The largest absolute Gasteiger partial charge is 0.394 e. The van der Waals surface area contributed by atoms with Crippen molar-refractivity contribution in [2.24, 2.45) is 0 Å². The monoisotopic (exact) mass is 315 g/mol. The van der Waals surface area contributed by atoms with E-state index < -0.39 is 24.5 Å². The summed E-state index contributed by atoms with van der Waals surface area (Å²) < 4.78 is 12.3. The lowest BCUT2D eigenvalue weighted by molar-refractivity contribution is -0.0581. The van der Waals surface area contributed by atoms with Gasteiger partial charge in [0.25, 0.3) is 0 Å². The molecule has 1 aliphatic heterocycles. The van der Waals surface area contributed by atoms with Crippen LogP contribution in [0.3, 0.4) is 0 Å². The third-order valence-electron chi connectivity index (χ3n) is 3.48. The van der Waals surface area contributed by atoms with Crippen molar-refractivity contribution in [3.05, 3.63) is 11.6 Å². The molecule has 2 aromatic rings. The second kappa shape index (κ2) is 5.35. The van der Waals surface area contributed by atoms with Crippen LogP contribution in [0.2, 0.25) is 5.28 Å². The van der Waals surface area contributed by atoms with Crippen molar-refractivity contribution >= 4 is 28.6 Å². The molecule has 4 atom stereocenters. The summed E-state index contributed by atoms with van der Waals surface area (Å²) in [5, 5.41) is 19.4. The Bertz CT molecular complexity index is 665. The summed E-state index contributed by atoms with van der Waals surface area (Å²) in [6.07, 6.45) is -2.02. The van der Waals surface area contributed by atoms with E-state index in [9.17, 15) is 10.2 Å². The molecule has 4 N–H and O–H groups in total. The minimum atomic E-state index is -1.00. The summed E-state index contributed by atoms with van der Waals surface area (Å²) >= 11 is 6.13. The summed E-state index contributed by atoms with van der Waals surface area (Å²) in [4.78, 5) is 12.0. The topological polar surface area (TPSA) is 129 Å². The van der Waals surface area contributed by atoms with Gasteiger partial charge in [-0.1, -0.05) is 0 Å². The molecule has 0 spiro atoms. The fourth-order valence-electron chi connectivity index (χ4n) is 2.46. The van der Waals surface area contributed by atoms with Crippen molar-refractivity contribution in [1.82, 2.24) is 19.5 Å². The summed E-state index contributed by atoms with van der Waals surface area (Å²) in [5.41, 5.74) is 6.44. The number of hydrogen-bond donors (Lipinski definition) is 3. The van der Waals surface area contributed by atoms with Crippen LogP contribution in [0.25, 0.3) is 11.2 Å². The van der Waals surface area contributed by atoms with Crippen LogP contribution in [-0.2, 0) is 9.47 Å². The molecule has 1 unspecified atom stereocenters. The predicted molar refractivity (Wildman–Crippen MR) is 72.5 cm³/mol. The molecule has 0 radical (unpaired) electrons. The first-order valence-corrected chi connectivity index (χ1v) is 6.57. The summed E-state index contributed by atoms with van der Waals surface area (Å²) in [5.74, 6) is 0.187. The maximum absolute atomic E-state index is 10.1. The average molecular weight is 316 g/mol. The van der Waals surface area contributed by atoms with Gasteiger partial charge in [-0.05, 0) is 11.6 Å². The van der Waals surface area contributed by atoms with Gasteiger partial charge >= 0.3 is 0 Å². The Morgan fingerprint density at radius 3 is 2.95 bits per heavy atom. The predicted octanol–water partition coefficient (Wildman–Crippen LogP) is -0.673. The third kappa shape index (κ3) is 2.14. The SMILES string of the molecule is COC1[C@@H](O)[C@@H](CO)O[C@H]1n1c(Cl)nc2c(N)ncnc21. The number of imidazole rings is 1. The molecule has 0 aliphatic carbocycles. The third-order valence-corrected chi connectivity index (χ3v) is 3.75. The number of nitrogens with zero attached hydrogens (tertiary/aromatic N) is 4. The summed E-state index contributed by atoms with van der Waals surface area (Å²) in [7, 11) is 1.43. The zero-order chi connectivity index (χ0) is 15.1. The Morgan fingerprint density at radius 1 is 1.52 bits per heavy atom. The number of aliphatic hydroxyl groups is 2. The van der Waals surface area contributed by atoms with E-state index in [2.05, 4.69) is 15.0 Å². The zero-order valence-electron chi connectivity index (χ0n) is 11.0. The molecule has 0 aromatic carbocycles. The van der Waals surface area contributed by atoms with Gasteiger partial charge in [-0.15, -0.1) is 0 Å². The smallest absolute Gasteiger partial charge is 0.207 e. The quantitative estimate of drug-likeness (QED) is 0.636. The van der Waals surface area contributed by atoms with Crippen molar-refractivity contribution in [2.75, 3.05) is 19.5 Å². The van der Waals surface area contributed by atoms with Gasteiger partial charge in [-0.2, -0.15) is 0 Å². The van der Waals surface area contributed by atoms with E-state index in [1.165, 1.54) is 18.0 Å². The fraction of sp³-hybridized carbons (Fsp3) is 0.545. The maximum Gasteiger partial charge on any atom is 0.207 e. The molecule has 1 fully saturated rings. The van der Waals surface area contributed by atoms with Crippen LogP contribution in [0.1, 0.15) is 6.23 Å². The number of halogens is 1. The average Bonchev–Trinajstić information content (AvgIpc) is 2.96. The zero-order valence-corrected chi connectivity index (χ0v) is 11.8. The number of nitrogens with two attached hydrogens (primary N) is 1. The van der Waals surface area contributed by atoms with Crippen molar-refractivity contribution in [3.63, 3.8) is 0 Å². The first-order chi connectivity index (χ1) is 10.1. The first kappa shape index (κ1) is 14.4. The van der Waals surface area contributed by atoms with Crippen molar-refractivity contribution in [3.8, 4) is 0 Å². The molecule has 1 saturated heterocycles. The molecule has 3 rings (SSSR count). The second-order valence-electron chi connectivity index (χ2n) is 4.62. The van der Waals surface area contributed by atoms with E-state index in [0.717, 1.165) is 0 Å². The lowest BCUT2D eigenvalue weighted by atomic mass is 10.1. The molecule has 2 aromatic heterocycles. The number of aliphatic hydroxyl groups excluding tert-OH is 2. The molecule has 114 valence electrons. The number of aromatic nitrogens is 4. The van der Waals surface area contributed by atoms with Crippen LogP contribution in [0, 0.1) is 0 Å². The maximum atomic E-state index is 10.1. The van der Waals surface area contributed by atoms with E-state index in [1.807, 2.05) is 0 Å². The van der Waals surface area contributed by atoms with Crippen LogP contribution < -0.4 is 5.73 Å². The van der Waals surface area contributed by atoms with E-state index >= 15 is 0 Å². The van der Waals surface area contributed by atoms with Gasteiger partial charge in [-0.3, -0.25) is 4.57 Å². The molecular weight excluding hydrogens is 302 g/mol. The molecule has 0 saturated carbocycles. The number of methoxy groups -OCH3 is 1. The number of rotatable bonds is 3. The number of fused-ring (bicyclic) bond motifs is 1. The molecule has 0 bridgehead atoms. The Hall–Kier alpha value is -1.52. The van der Waals surface area contributed by atoms with Gasteiger partial charge in [0, 0.05) is 7.11 Å². The molecule has 3 heterocycles. The van der Waals surface area contributed by atoms with Gasteiger partial charge in [0.15, 0.2) is 23.2 Å². The van der Waals surface area contributed by atoms with Gasteiger partial charge in [-0.25, -0.2) is 15.0 Å². The molecule has 10 heteroatoms. The number of nitrogen functional groups attached to an aromatic ring is 1. The van der Waals surface area contributed by atoms with Gasteiger partial charge in [0.1, 0.15) is 24.6 Å². The standard InChI is InChI=1S/C11H14ClN5O4/c1-20-7-6(19)4(2-18)21-10(7)17-9-5(16-11(17)12)8(13)14-3-15-9/h3-4,6-7,10,18-19H,2H2,1H3,(H2,13,14,15)/t4-,6+,7?,10-/m1/s1. The van der Waals surface area contributed by atoms with Crippen LogP contribution in [0.15, 0.2) is 6.33 Å². The summed E-state index contributed by atoms with van der Waals surface area (Å²) in [6, 6.07) is 0. The van der Waals surface area contributed by atoms with Crippen LogP contribution in [0.5, 0.6) is 0 Å². The lowest BCUT2D eigenvalue weighted by Gasteiger charge is -2.20. The molecule has 21 heavy (non-hydrogen) atoms. The highest BCUT2D eigenvalue weighted by atomic mass is 35.5. The minimum absolute atomic E-state index is 0.0787.